The molecule has 30 heavy (non-hydrogen) atoms. The van der Waals surface area contributed by atoms with Gasteiger partial charge in [-0.2, -0.15) is 0 Å². The van der Waals surface area contributed by atoms with Crippen LogP contribution in [0.25, 0.3) is 0 Å². The van der Waals surface area contributed by atoms with Crippen molar-refractivity contribution in [2.45, 2.75) is 6.42 Å². The van der Waals surface area contributed by atoms with Gasteiger partial charge in [0.1, 0.15) is 19.8 Å². The number of hydrogen-bond acceptors (Lipinski definition) is 10. The van der Waals surface area contributed by atoms with Crippen LogP contribution in [-0.4, -0.2) is 49.7 Å². The number of esters is 3. The van der Waals surface area contributed by atoms with Crippen molar-refractivity contribution in [1.29, 1.82) is 0 Å². The van der Waals surface area contributed by atoms with Crippen molar-refractivity contribution in [3.05, 3.63) is 60.7 Å². The molecule has 0 aliphatic heterocycles. The Hall–Kier alpha value is -3.33. The number of carboxylic acid groups (broad SMARTS) is 2. The van der Waals surface area contributed by atoms with Gasteiger partial charge in [-0.15, -0.1) is 0 Å². The van der Waals surface area contributed by atoms with Crippen molar-refractivity contribution in [3.8, 4) is 0 Å². The van der Waals surface area contributed by atoms with E-state index in [4.69, 9.17) is 0 Å². The zero-order valence-electron chi connectivity index (χ0n) is 16.0. The number of benzene rings is 1. The van der Waals surface area contributed by atoms with Gasteiger partial charge in [0.05, 0.1) is 18.4 Å². The summed E-state index contributed by atoms with van der Waals surface area (Å²) in [6, 6.07) is 5.14. The first kappa shape index (κ1) is 28.9. The Morgan fingerprint density at radius 2 is 1.17 bits per heavy atom. The average molecular weight is 472 g/mol. The molecule has 1 aromatic carbocycles. The Labute approximate surface area is 184 Å². The molecule has 0 aliphatic carbocycles. The summed E-state index contributed by atoms with van der Waals surface area (Å²) in [5.74, 6) is -4.76. The van der Waals surface area contributed by atoms with E-state index in [1.807, 2.05) is 0 Å². The van der Waals surface area contributed by atoms with Crippen LogP contribution >= 0.6 is 0 Å². The topological polar surface area (TPSA) is 159 Å². The Bertz CT molecular complexity index is 739. The molecular formula is C19H18O10Zn. The van der Waals surface area contributed by atoms with Crippen LogP contribution in [0.15, 0.2) is 49.6 Å². The van der Waals surface area contributed by atoms with Gasteiger partial charge in [-0.3, -0.25) is 4.79 Å². The molecule has 1 rings (SSSR count). The molecule has 0 saturated heterocycles. The van der Waals surface area contributed by atoms with Gasteiger partial charge in [0.15, 0.2) is 0 Å². The molecule has 0 N–H and O–H groups in total. The number of aromatic carboxylic acids is 2. The van der Waals surface area contributed by atoms with Crippen LogP contribution in [0.4, 0.5) is 0 Å². The van der Waals surface area contributed by atoms with Crippen LogP contribution < -0.4 is 10.2 Å². The van der Waals surface area contributed by atoms with Crippen molar-refractivity contribution in [2.75, 3.05) is 19.8 Å². The van der Waals surface area contributed by atoms with Gasteiger partial charge in [-0.25, -0.2) is 9.59 Å². The van der Waals surface area contributed by atoms with Crippen molar-refractivity contribution < 1.29 is 67.9 Å². The molecular weight excluding hydrogens is 454 g/mol. The van der Waals surface area contributed by atoms with Crippen molar-refractivity contribution >= 4 is 29.8 Å². The summed E-state index contributed by atoms with van der Waals surface area (Å²) in [5.41, 5.74) is -0.727. The van der Waals surface area contributed by atoms with Crippen molar-refractivity contribution in [1.82, 2.24) is 0 Å². The first-order valence-corrected chi connectivity index (χ1v) is 7.98. The van der Waals surface area contributed by atoms with Gasteiger partial charge >= 0.3 is 37.4 Å². The number of ether oxygens (including phenoxy) is 3. The molecule has 0 radical (unpaired) electrons. The summed E-state index contributed by atoms with van der Waals surface area (Å²) in [4.78, 5) is 52.9. The third-order valence-corrected chi connectivity index (χ3v) is 2.84. The molecule has 0 bridgehead atoms. The Balaban J connectivity index is 0. The monoisotopic (exact) mass is 470 g/mol. The molecule has 0 unspecified atom stereocenters. The van der Waals surface area contributed by atoms with Crippen LogP contribution in [0, 0.1) is 0 Å². The fourth-order valence-corrected chi connectivity index (χ4v) is 1.56. The van der Waals surface area contributed by atoms with E-state index in [1.54, 1.807) is 0 Å². The second-order valence-electron chi connectivity index (χ2n) is 4.83. The second kappa shape index (κ2) is 16.6. The van der Waals surface area contributed by atoms with Gasteiger partial charge in [0.2, 0.25) is 0 Å². The zero-order valence-corrected chi connectivity index (χ0v) is 19.0. The van der Waals surface area contributed by atoms with Crippen molar-refractivity contribution in [3.63, 3.8) is 0 Å². The molecule has 156 valence electrons. The van der Waals surface area contributed by atoms with Gasteiger partial charge in [0, 0.05) is 23.3 Å². The van der Waals surface area contributed by atoms with Crippen LogP contribution in [0.3, 0.4) is 0 Å². The molecule has 0 atom stereocenters. The summed E-state index contributed by atoms with van der Waals surface area (Å²) in [6.07, 6.45) is 1.95. The number of carboxylic acids is 2. The Morgan fingerprint density at radius 3 is 1.57 bits per heavy atom. The molecule has 0 saturated carbocycles. The first-order valence-electron chi connectivity index (χ1n) is 7.98. The summed E-state index contributed by atoms with van der Waals surface area (Å²) in [6.45, 7) is 6.24. The fraction of sp³-hybridized carbons (Fsp3) is 0.211. The van der Waals surface area contributed by atoms with Gasteiger partial charge in [-0.05, 0) is 0 Å². The van der Waals surface area contributed by atoms with Gasteiger partial charge in [0.25, 0.3) is 0 Å². The molecule has 10 nitrogen and oxygen atoms in total. The smallest absolute Gasteiger partial charge is 0.545 e. The van der Waals surface area contributed by atoms with E-state index in [-0.39, 0.29) is 56.8 Å². The van der Waals surface area contributed by atoms with E-state index in [0.717, 1.165) is 24.3 Å². The molecule has 0 aromatic heterocycles. The van der Waals surface area contributed by atoms with Crippen LogP contribution in [-0.2, 0) is 48.1 Å². The molecule has 0 heterocycles. The number of carbonyl (C=O) groups is 5. The Kier molecular flexibility index (Phi) is 16.0. The van der Waals surface area contributed by atoms with Crippen LogP contribution in [0.5, 0.6) is 0 Å². The minimum absolute atomic E-state index is 0. The normalized spacial score (nSPS) is 8.80. The maximum atomic E-state index is 11.0. The zero-order chi connectivity index (χ0) is 22.2. The fourth-order valence-electron chi connectivity index (χ4n) is 1.56. The summed E-state index contributed by atoms with van der Waals surface area (Å²) < 4.78 is 13.8. The summed E-state index contributed by atoms with van der Waals surface area (Å²) in [7, 11) is 0. The van der Waals surface area contributed by atoms with Gasteiger partial charge < -0.3 is 34.0 Å². The van der Waals surface area contributed by atoms with Crippen LogP contribution in [0.1, 0.15) is 27.1 Å². The molecule has 0 aliphatic rings. The minimum Gasteiger partial charge on any atom is -0.545 e. The summed E-state index contributed by atoms with van der Waals surface area (Å²) >= 11 is 0. The van der Waals surface area contributed by atoms with E-state index in [9.17, 15) is 34.2 Å². The molecule has 0 spiro atoms. The largest absolute Gasteiger partial charge is 2.00 e. The third-order valence-electron chi connectivity index (χ3n) is 2.84. The standard InChI is InChI=1S/C11H14O6.C8H6O4.Zn/c1-3-9(12)15-6-5-11(14)17-8-7-16-10(13)4-2;9-7(10)5-3-1-2-4-6(5)8(11)12;/h3-4H,1-2,5-8H2;1-4H,(H,9,10)(H,11,12);/q;;+2/p-2. The predicted octanol–water partition coefficient (Wildman–Crippen LogP) is -1.21. The first-order chi connectivity index (χ1) is 13.7. The number of rotatable bonds is 10. The Morgan fingerprint density at radius 1 is 0.767 bits per heavy atom. The SMILES string of the molecule is C=CC(=O)OCCOC(=O)CCOC(=O)C=C.O=C([O-])c1ccccc1C(=O)[O-].[Zn+2]. The third kappa shape index (κ3) is 13.0. The average Bonchev–Trinajstić information content (AvgIpc) is 2.71. The predicted molar refractivity (Wildman–Crippen MR) is 93.0 cm³/mol. The van der Waals surface area contributed by atoms with E-state index in [1.165, 1.54) is 12.1 Å². The van der Waals surface area contributed by atoms with E-state index in [2.05, 4.69) is 27.4 Å². The molecule has 0 fully saturated rings. The van der Waals surface area contributed by atoms with E-state index < -0.39 is 29.8 Å². The van der Waals surface area contributed by atoms with Crippen molar-refractivity contribution in [2.24, 2.45) is 0 Å². The molecule has 11 heteroatoms. The minimum atomic E-state index is -1.52. The van der Waals surface area contributed by atoms with Gasteiger partial charge in [-0.1, -0.05) is 37.4 Å². The number of hydrogen-bond donors (Lipinski definition) is 0. The second-order valence-corrected chi connectivity index (χ2v) is 4.83. The number of carbonyl (C=O) groups excluding carboxylic acids is 5. The molecule has 1 aromatic rings. The maximum Gasteiger partial charge on any atom is 2.00 e. The van der Waals surface area contributed by atoms with Crippen LogP contribution in [0.2, 0.25) is 0 Å². The van der Waals surface area contributed by atoms with E-state index >= 15 is 0 Å². The molecule has 0 amide bonds. The quantitative estimate of drug-likeness (QED) is 0.133. The maximum absolute atomic E-state index is 11.0. The van der Waals surface area contributed by atoms with E-state index in [0.29, 0.717) is 0 Å². The summed E-state index contributed by atoms with van der Waals surface area (Å²) in [5, 5.41) is 20.6.